The van der Waals surface area contributed by atoms with Gasteiger partial charge in [0, 0.05) is 11.2 Å². The Kier molecular flexibility index (Phi) is 4.62. The van der Waals surface area contributed by atoms with E-state index in [1.807, 2.05) is 24.3 Å². The zero-order valence-corrected chi connectivity index (χ0v) is 13.6. The molecular weight excluding hydrogens is 347 g/mol. The maximum atomic E-state index is 13.6. The van der Waals surface area contributed by atoms with Crippen molar-refractivity contribution in [3.8, 4) is 0 Å². The van der Waals surface area contributed by atoms with Gasteiger partial charge in [-0.15, -0.1) is 0 Å². The van der Waals surface area contributed by atoms with Crippen molar-refractivity contribution in [1.82, 2.24) is 0 Å². The third kappa shape index (κ3) is 2.96. The molecule has 0 heterocycles. The van der Waals surface area contributed by atoms with Gasteiger partial charge in [0.1, 0.15) is 5.82 Å². The van der Waals surface area contributed by atoms with E-state index in [2.05, 4.69) is 15.9 Å². The van der Waals surface area contributed by atoms with Crippen LogP contribution in [-0.4, -0.2) is 21.6 Å². The molecule has 0 aromatic heterocycles. The lowest BCUT2D eigenvalue weighted by Gasteiger charge is -2.25. The van der Waals surface area contributed by atoms with Crippen molar-refractivity contribution in [1.29, 1.82) is 0 Å². The molecule has 0 saturated heterocycles. The van der Waals surface area contributed by atoms with E-state index >= 15 is 0 Å². The average molecular weight is 365 g/mol. The Morgan fingerprint density at radius 2 is 1.86 bits per heavy atom. The summed E-state index contributed by atoms with van der Waals surface area (Å²) in [4.78, 5) is 0. The number of fused-ring (bicyclic) bond motifs is 2. The van der Waals surface area contributed by atoms with Gasteiger partial charge in [-0.05, 0) is 47.2 Å². The van der Waals surface area contributed by atoms with Crippen molar-refractivity contribution in [2.24, 2.45) is 0 Å². The number of aliphatic hydroxyl groups is 2. The van der Waals surface area contributed by atoms with Crippen LogP contribution in [0.1, 0.15) is 40.7 Å². The minimum Gasteiger partial charge on any atom is -0.392 e. The lowest BCUT2D eigenvalue weighted by atomic mass is 9.85. The number of rotatable bonds is 3. The van der Waals surface area contributed by atoms with E-state index in [-0.39, 0.29) is 11.7 Å². The van der Waals surface area contributed by atoms with Gasteiger partial charge in [0.15, 0.2) is 0 Å². The van der Waals surface area contributed by atoms with Gasteiger partial charge >= 0.3 is 0 Å². The predicted molar refractivity (Wildman–Crippen MR) is 87.8 cm³/mol. The molecule has 3 rings (SSSR count). The van der Waals surface area contributed by atoms with Gasteiger partial charge < -0.3 is 10.2 Å². The molecule has 116 valence electrons. The molecule has 3 atom stereocenters. The number of hydrogen-bond acceptors (Lipinski definition) is 2. The molecule has 0 radical (unpaired) electrons. The first kappa shape index (κ1) is 15.7. The van der Waals surface area contributed by atoms with E-state index in [4.69, 9.17) is 0 Å². The van der Waals surface area contributed by atoms with Gasteiger partial charge in [0.05, 0.1) is 12.2 Å². The highest BCUT2D eigenvalue weighted by Crippen LogP contribution is 2.41. The monoisotopic (exact) mass is 364 g/mol. The van der Waals surface area contributed by atoms with E-state index in [0.29, 0.717) is 23.7 Å². The number of alkyl halides is 1. The summed E-state index contributed by atoms with van der Waals surface area (Å²) in [6, 6.07) is 12.5. The maximum Gasteiger partial charge on any atom is 0.123 e. The molecule has 0 fully saturated rings. The minimum atomic E-state index is -0.817. The van der Waals surface area contributed by atoms with Crippen molar-refractivity contribution in [3.63, 3.8) is 0 Å². The fraction of sp³-hybridized carbons (Fsp3) is 0.333. The van der Waals surface area contributed by atoms with Crippen LogP contribution >= 0.6 is 15.9 Å². The van der Waals surface area contributed by atoms with Crippen LogP contribution < -0.4 is 0 Å². The number of halogens is 2. The Balaban J connectivity index is 2.11. The third-order valence-corrected chi connectivity index (χ3v) is 5.09. The Labute approximate surface area is 137 Å². The van der Waals surface area contributed by atoms with Gasteiger partial charge in [-0.2, -0.15) is 0 Å². The quantitative estimate of drug-likeness (QED) is 0.815. The van der Waals surface area contributed by atoms with E-state index in [1.54, 1.807) is 6.07 Å². The summed E-state index contributed by atoms with van der Waals surface area (Å²) < 4.78 is 13.6. The summed E-state index contributed by atoms with van der Waals surface area (Å²) in [5.41, 5.74) is 3.73. The number of benzene rings is 2. The lowest BCUT2D eigenvalue weighted by Crippen LogP contribution is -2.19. The molecule has 2 N–H and O–H groups in total. The molecule has 0 saturated carbocycles. The molecule has 2 aromatic rings. The van der Waals surface area contributed by atoms with Crippen molar-refractivity contribution >= 4 is 15.9 Å². The smallest absolute Gasteiger partial charge is 0.123 e. The lowest BCUT2D eigenvalue weighted by molar-refractivity contribution is 0.103. The largest absolute Gasteiger partial charge is 0.392 e. The zero-order chi connectivity index (χ0) is 15.7. The molecular formula is C18H18BrFO2. The fourth-order valence-corrected chi connectivity index (χ4v) is 3.53. The zero-order valence-electron chi connectivity index (χ0n) is 12.0. The highest BCUT2D eigenvalue weighted by atomic mass is 79.9. The van der Waals surface area contributed by atoms with Crippen molar-refractivity contribution < 1.29 is 14.6 Å². The summed E-state index contributed by atoms with van der Waals surface area (Å²) in [7, 11) is 0. The van der Waals surface area contributed by atoms with Crippen LogP contribution in [0.5, 0.6) is 0 Å². The summed E-state index contributed by atoms with van der Waals surface area (Å²) in [6.45, 7) is 0. The van der Waals surface area contributed by atoms with Crippen LogP contribution in [-0.2, 0) is 6.42 Å². The molecule has 2 aromatic carbocycles. The maximum absolute atomic E-state index is 13.6. The molecule has 0 aliphatic heterocycles. The first-order chi connectivity index (χ1) is 10.6. The molecule has 0 amide bonds. The second kappa shape index (κ2) is 6.49. The predicted octanol–water partition coefficient (Wildman–Crippen LogP) is 3.69. The number of aliphatic hydroxyl groups excluding tert-OH is 2. The van der Waals surface area contributed by atoms with Crippen molar-refractivity contribution in [2.45, 2.75) is 31.0 Å². The fourth-order valence-electron chi connectivity index (χ4n) is 3.26. The van der Waals surface area contributed by atoms with E-state index in [1.165, 1.54) is 12.1 Å². The van der Waals surface area contributed by atoms with Crippen LogP contribution in [0.2, 0.25) is 0 Å². The Hall–Kier alpha value is -1.23. The average Bonchev–Trinajstić information content (AvgIpc) is 2.64. The molecule has 0 unspecified atom stereocenters. The summed E-state index contributed by atoms with van der Waals surface area (Å²) in [5.74, 6) is -0.588. The number of hydrogen-bond donors (Lipinski definition) is 2. The Morgan fingerprint density at radius 1 is 1.14 bits per heavy atom. The van der Waals surface area contributed by atoms with Gasteiger partial charge in [-0.3, -0.25) is 0 Å². The second-order valence-electron chi connectivity index (χ2n) is 5.81. The van der Waals surface area contributed by atoms with Crippen LogP contribution in [0.15, 0.2) is 42.5 Å². The molecule has 0 spiro atoms. The highest BCUT2D eigenvalue weighted by molar-refractivity contribution is 9.09. The Morgan fingerprint density at radius 3 is 2.64 bits per heavy atom. The van der Waals surface area contributed by atoms with Crippen molar-refractivity contribution in [2.75, 3.05) is 5.33 Å². The van der Waals surface area contributed by atoms with Gasteiger partial charge in [0.25, 0.3) is 0 Å². The summed E-state index contributed by atoms with van der Waals surface area (Å²) >= 11 is 3.27. The molecule has 1 aliphatic carbocycles. The molecule has 1 aliphatic rings. The molecule has 0 bridgehead atoms. The minimum absolute atomic E-state index is 0.244. The third-order valence-electron chi connectivity index (χ3n) is 4.35. The van der Waals surface area contributed by atoms with E-state index < -0.39 is 12.2 Å². The highest BCUT2D eigenvalue weighted by Gasteiger charge is 2.31. The van der Waals surface area contributed by atoms with Crippen LogP contribution in [0, 0.1) is 5.82 Å². The topological polar surface area (TPSA) is 40.5 Å². The summed E-state index contributed by atoms with van der Waals surface area (Å²) in [5, 5.41) is 21.3. The first-order valence-electron chi connectivity index (χ1n) is 7.38. The van der Waals surface area contributed by atoms with Gasteiger partial charge in [-0.25, -0.2) is 4.39 Å². The van der Waals surface area contributed by atoms with Crippen LogP contribution in [0.25, 0.3) is 0 Å². The van der Waals surface area contributed by atoms with E-state index in [9.17, 15) is 14.6 Å². The second-order valence-corrected chi connectivity index (χ2v) is 6.46. The molecule has 22 heavy (non-hydrogen) atoms. The van der Waals surface area contributed by atoms with Crippen LogP contribution in [0.4, 0.5) is 4.39 Å². The Bertz CT molecular complexity index is 674. The SMILES string of the molecule is O[C@H](CBr)C[C@@H]1c2ccccc2Cc2ccc(F)cc2[C@H]1O. The molecule has 2 nitrogen and oxygen atoms in total. The normalized spacial score (nSPS) is 21.6. The van der Waals surface area contributed by atoms with E-state index in [0.717, 1.165) is 16.7 Å². The van der Waals surface area contributed by atoms with Crippen molar-refractivity contribution in [3.05, 3.63) is 70.5 Å². The first-order valence-corrected chi connectivity index (χ1v) is 8.50. The van der Waals surface area contributed by atoms with Gasteiger partial charge in [-0.1, -0.05) is 46.3 Å². The van der Waals surface area contributed by atoms with Gasteiger partial charge in [0.2, 0.25) is 0 Å². The standard InChI is InChI=1S/C18H18BrFO2/c19-10-14(21)9-17-15-4-2-1-3-11(15)7-12-5-6-13(20)8-16(12)18(17)22/h1-6,8,14,17-18,21-22H,7,9-10H2/t14-,17+,18+/m0/s1. The molecule has 4 heteroatoms. The summed E-state index contributed by atoms with van der Waals surface area (Å²) in [6.07, 6.45) is -0.269. The van der Waals surface area contributed by atoms with Crippen LogP contribution in [0.3, 0.4) is 0 Å².